The normalized spacial score (nSPS) is 10.9. The minimum Gasteiger partial charge on any atom is -0.463 e. The largest absolute Gasteiger partial charge is 0.463 e. The first-order valence-electron chi connectivity index (χ1n) is 5.85. The SMILES string of the molecule is CC(C)N(C)C(=O)c1cn(C)nc1-c1ccco1. The molecule has 5 heteroatoms. The molecule has 0 spiro atoms. The van der Waals surface area contributed by atoms with Gasteiger partial charge in [-0.25, -0.2) is 0 Å². The fraction of sp³-hybridized carbons (Fsp3) is 0.385. The number of amides is 1. The summed E-state index contributed by atoms with van der Waals surface area (Å²) in [6.45, 7) is 3.95. The lowest BCUT2D eigenvalue weighted by atomic mass is 10.1. The molecule has 2 heterocycles. The molecule has 0 saturated carbocycles. The van der Waals surface area contributed by atoms with Crippen LogP contribution >= 0.6 is 0 Å². The molecule has 0 bridgehead atoms. The molecule has 0 atom stereocenters. The fourth-order valence-corrected chi connectivity index (χ4v) is 1.66. The molecule has 0 aliphatic rings. The minimum absolute atomic E-state index is 0.0514. The summed E-state index contributed by atoms with van der Waals surface area (Å²) in [5.41, 5.74) is 1.14. The van der Waals surface area contributed by atoms with Crippen molar-refractivity contribution in [3.05, 3.63) is 30.2 Å². The van der Waals surface area contributed by atoms with E-state index in [1.165, 1.54) is 0 Å². The molecule has 0 N–H and O–H groups in total. The molecule has 0 fully saturated rings. The predicted molar refractivity (Wildman–Crippen MR) is 68.1 cm³/mol. The molecule has 0 aliphatic carbocycles. The third-order valence-electron chi connectivity index (χ3n) is 2.91. The van der Waals surface area contributed by atoms with Crippen molar-refractivity contribution < 1.29 is 9.21 Å². The zero-order valence-corrected chi connectivity index (χ0v) is 11.0. The maximum atomic E-state index is 12.3. The summed E-state index contributed by atoms with van der Waals surface area (Å²) in [5, 5.41) is 4.29. The summed E-state index contributed by atoms with van der Waals surface area (Å²) >= 11 is 0. The summed E-state index contributed by atoms with van der Waals surface area (Å²) in [4.78, 5) is 14.0. The highest BCUT2D eigenvalue weighted by molar-refractivity contribution is 5.99. The van der Waals surface area contributed by atoms with Crippen LogP contribution in [-0.4, -0.2) is 33.7 Å². The Bertz CT molecular complexity index is 541. The lowest BCUT2D eigenvalue weighted by Gasteiger charge is -2.20. The van der Waals surface area contributed by atoms with E-state index in [1.807, 2.05) is 13.8 Å². The smallest absolute Gasteiger partial charge is 0.257 e. The van der Waals surface area contributed by atoms with Gasteiger partial charge < -0.3 is 9.32 Å². The van der Waals surface area contributed by atoms with E-state index in [0.29, 0.717) is 17.0 Å². The fourth-order valence-electron chi connectivity index (χ4n) is 1.66. The average Bonchev–Trinajstić information content (AvgIpc) is 2.95. The summed E-state index contributed by atoms with van der Waals surface area (Å²) in [7, 11) is 3.57. The Kier molecular flexibility index (Phi) is 3.23. The lowest BCUT2D eigenvalue weighted by Crippen LogP contribution is -2.33. The molecule has 0 radical (unpaired) electrons. The third kappa shape index (κ3) is 2.16. The molecular formula is C13H17N3O2. The molecule has 96 valence electrons. The Hall–Kier alpha value is -2.04. The van der Waals surface area contributed by atoms with Gasteiger partial charge in [-0.2, -0.15) is 5.10 Å². The number of carbonyl (C=O) groups is 1. The molecule has 18 heavy (non-hydrogen) atoms. The number of furan rings is 1. The number of carbonyl (C=O) groups excluding carboxylic acids is 1. The number of hydrogen-bond acceptors (Lipinski definition) is 3. The van der Waals surface area contributed by atoms with Crippen molar-refractivity contribution >= 4 is 5.91 Å². The Morgan fingerprint density at radius 2 is 2.22 bits per heavy atom. The van der Waals surface area contributed by atoms with Gasteiger partial charge >= 0.3 is 0 Å². The molecule has 0 aromatic carbocycles. The van der Waals surface area contributed by atoms with Gasteiger partial charge in [-0.3, -0.25) is 9.48 Å². The van der Waals surface area contributed by atoms with Gasteiger partial charge in [0, 0.05) is 26.3 Å². The van der Waals surface area contributed by atoms with Gasteiger partial charge in [-0.1, -0.05) is 0 Å². The number of rotatable bonds is 3. The topological polar surface area (TPSA) is 51.3 Å². The van der Waals surface area contributed by atoms with Crippen molar-refractivity contribution in [2.75, 3.05) is 7.05 Å². The Morgan fingerprint density at radius 3 is 2.78 bits per heavy atom. The van der Waals surface area contributed by atoms with Crippen LogP contribution in [0.25, 0.3) is 11.5 Å². The summed E-state index contributed by atoms with van der Waals surface area (Å²) in [6, 6.07) is 3.72. The van der Waals surface area contributed by atoms with Crippen LogP contribution in [0.3, 0.4) is 0 Å². The second-order valence-corrected chi connectivity index (χ2v) is 4.55. The van der Waals surface area contributed by atoms with Gasteiger partial charge in [-0.05, 0) is 26.0 Å². The molecule has 5 nitrogen and oxygen atoms in total. The second-order valence-electron chi connectivity index (χ2n) is 4.55. The molecule has 1 amide bonds. The predicted octanol–water partition coefficient (Wildman–Crippen LogP) is 2.16. The van der Waals surface area contributed by atoms with Gasteiger partial charge in [0.25, 0.3) is 5.91 Å². The van der Waals surface area contributed by atoms with Crippen LogP contribution in [-0.2, 0) is 7.05 Å². The van der Waals surface area contributed by atoms with Crippen molar-refractivity contribution in [3.8, 4) is 11.5 Å². The van der Waals surface area contributed by atoms with Crippen molar-refractivity contribution in [3.63, 3.8) is 0 Å². The highest BCUT2D eigenvalue weighted by Crippen LogP contribution is 2.23. The van der Waals surface area contributed by atoms with Crippen LogP contribution in [0.15, 0.2) is 29.0 Å². The van der Waals surface area contributed by atoms with Crippen LogP contribution in [0.2, 0.25) is 0 Å². The van der Waals surface area contributed by atoms with E-state index in [2.05, 4.69) is 5.10 Å². The molecule has 0 unspecified atom stereocenters. The van der Waals surface area contributed by atoms with Gasteiger partial charge in [0.1, 0.15) is 5.69 Å². The van der Waals surface area contributed by atoms with E-state index >= 15 is 0 Å². The van der Waals surface area contributed by atoms with Crippen LogP contribution in [0, 0.1) is 0 Å². The quantitative estimate of drug-likeness (QED) is 0.835. The third-order valence-corrected chi connectivity index (χ3v) is 2.91. The van der Waals surface area contributed by atoms with Crippen molar-refractivity contribution in [1.82, 2.24) is 14.7 Å². The van der Waals surface area contributed by atoms with Crippen LogP contribution in [0.1, 0.15) is 24.2 Å². The average molecular weight is 247 g/mol. The maximum absolute atomic E-state index is 12.3. The summed E-state index contributed by atoms with van der Waals surface area (Å²) < 4.78 is 6.94. The summed E-state index contributed by atoms with van der Waals surface area (Å²) in [6.07, 6.45) is 3.30. The first-order valence-corrected chi connectivity index (χ1v) is 5.85. The zero-order chi connectivity index (χ0) is 13.3. The maximum Gasteiger partial charge on any atom is 0.257 e. The molecule has 2 aromatic rings. The molecule has 0 aliphatic heterocycles. The summed E-state index contributed by atoms with van der Waals surface area (Å²) in [5.74, 6) is 0.556. The van der Waals surface area contributed by atoms with E-state index in [-0.39, 0.29) is 11.9 Å². The standard InChI is InChI=1S/C13H17N3O2/c1-9(2)16(4)13(17)10-8-15(3)14-12(10)11-6-5-7-18-11/h5-9H,1-4H3. The second kappa shape index (κ2) is 4.68. The first-order chi connectivity index (χ1) is 8.50. The Balaban J connectivity index is 2.43. The Labute approximate surface area is 106 Å². The first kappa shape index (κ1) is 12.4. The van der Waals surface area contributed by atoms with Gasteiger partial charge in [0.05, 0.1) is 11.8 Å². The lowest BCUT2D eigenvalue weighted by molar-refractivity contribution is 0.0755. The van der Waals surface area contributed by atoms with E-state index < -0.39 is 0 Å². The molecule has 2 aromatic heterocycles. The van der Waals surface area contributed by atoms with Gasteiger partial charge in [0.2, 0.25) is 0 Å². The van der Waals surface area contributed by atoms with E-state index in [0.717, 1.165) is 0 Å². The zero-order valence-electron chi connectivity index (χ0n) is 11.0. The van der Waals surface area contributed by atoms with Crippen LogP contribution < -0.4 is 0 Å². The highest BCUT2D eigenvalue weighted by Gasteiger charge is 2.22. The number of hydrogen-bond donors (Lipinski definition) is 0. The number of aryl methyl sites for hydroxylation is 1. The van der Waals surface area contributed by atoms with Crippen molar-refractivity contribution in [1.29, 1.82) is 0 Å². The van der Waals surface area contributed by atoms with Gasteiger partial charge in [-0.15, -0.1) is 0 Å². The monoisotopic (exact) mass is 247 g/mol. The van der Waals surface area contributed by atoms with E-state index in [1.54, 1.807) is 48.3 Å². The van der Waals surface area contributed by atoms with Crippen molar-refractivity contribution in [2.45, 2.75) is 19.9 Å². The number of nitrogens with zero attached hydrogens (tertiary/aromatic N) is 3. The minimum atomic E-state index is -0.0514. The Morgan fingerprint density at radius 1 is 1.50 bits per heavy atom. The highest BCUT2D eigenvalue weighted by atomic mass is 16.3. The molecular weight excluding hydrogens is 230 g/mol. The molecule has 0 saturated heterocycles. The van der Waals surface area contributed by atoms with Gasteiger partial charge in [0.15, 0.2) is 5.76 Å². The van der Waals surface area contributed by atoms with Crippen molar-refractivity contribution in [2.24, 2.45) is 7.05 Å². The van der Waals surface area contributed by atoms with Crippen LogP contribution in [0.4, 0.5) is 0 Å². The molecule has 2 rings (SSSR count). The van der Waals surface area contributed by atoms with E-state index in [4.69, 9.17) is 4.42 Å². The van der Waals surface area contributed by atoms with E-state index in [9.17, 15) is 4.79 Å². The number of aromatic nitrogens is 2. The van der Waals surface area contributed by atoms with Crippen LogP contribution in [0.5, 0.6) is 0 Å².